The number of hydrogen-bond donors (Lipinski definition) is 1. The summed E-state index contributed by atoms with van der Waals surface area (Å²) in [4.78, 5) is 0. The highest BCUT2D eigenvalue weighted by molar-refractivity contribution is 5.30. The van der Waals surface area contributed by atoms with Crippen molar-refractivity contribution in [1.29, 1.82) is 0 Å². The Morgan fingerprint density at radius 1 is 1.18 bits per heavy atom. The molecule has 0 aromatic heterocycles. The lowest BCUT2D eigenvalue weighted by molar-refractivity contribution is 0.484. The Morgan fingerprint density at radius 3 is 2.18 bits per heavy atom. The van der Waals surface area contributed by atoms with Gasteiger partial charge in [0, 0.05) is 5.54 Å². The van der Waals surface area contributed by atoms with Crippen LogP contribution in [0, 0.1) is 5.92 Å². The Balaban J connectivity index is 0.000000231. The quantitative estimate of drug-likeness (QED) is 0.704. The van der Waals surface area contributed by atoms with E-state index in [4.69, 9.17) is 0 Å². The van der Waals surface area contributed by atoms with Gasteiger partial charge in [0.25, 0.3) is 0 Å². The maximum Gasteiger partial charge on any atom is 0.0309 e. The third-order valence-corrected chi connectivity index (χ3v) is 3.98. The maximum absolute atomic E-state index is 3.45. The smallest absolute Gasteiger partial charge is 0.0309 e. The molecule has 0 radical (unpaired) electrons. The van der Waals surface area contributed by atoms with Crippen molar-refractivity contribution in [3.63, 3.8) is 0 Å². The van der Waals surface area contributed by atoms with Crippen LogP contribution >= 0.6 is 0 Å². The van der Waals surface area contributed by atoms with Crippen LogP contribution in [0.5, 0.6) is 0 Å². The average molecular weight is 302 g/mol. The first-order chi connectivity index (χ1) is 10.3. The first kappa shape index (κ1) is 19.0. The first-order valence-electron chi connectivity index (χ1n) is 8.84. The summed E-state index contributed by atoms with van der Waals surface area (Å²) >= 11 is 0. The summed E-state index contributed by atoms with van der Waals surface area (Å²) in [6.07, 6.45) is 7.51. The molecule has 0 bridgehead atoms. The molecule has 0 unspecified atom stereocenters. The summed E-state index contributed by atoms with van der Waals surface area (Å²) in [6.45, 7) is 14.4. The van der Waals surface area contributed by atoms with Gasteiger partial charge >= 0.3 is 0 Å². The van der Waals surface area contributed by atoms with E-state index < -0.39 is 0 Å². The van der Waals surface area contributed by atoms with E-state index in [1.54, 1.807) is 11.1 Å². The Labute approximate surface area is 138 Å². The molecule has 0 aliphatic heterocycles. The van der Waals surface area contributed by atoms with Crippen molar-refractivity contribution in [2.24, 2.45) is 5.92 Å². The highest BCUT2D eigenvalue weighted by atomic mass is 14.9. The zero-order valence-electron chi connectivity index (χ0n) is 15.5. The lowest BCUT2D eigenvalue weighted by Gasteiger charge is -2.23. The molecule has 1 nitrogen and oxygen atoms in total. The second-order valence-electron chi connectivity index (χ2n) is 7.46. The van der Waals surface area contributed by atoms with E-state index in [1.165, 1.54) is 31.3 Å². The molecule has 1 aromatic carbocycles. The lowest BCUT2D eigenvalue weighted by Crippen LogP contribution is -2.37. The Kier molecular flexibility index (Phi) is 7.89. The van der Waals surface area contributed by atoms with Crippen LogP contribution < -0.4 is 5.32 Å². The first-order valence-corrected chi connectivity index (χ1v) is 8.84. The van der Waals surface area contributed by atoms with Crippen LogP contribution in [-0.4, -0.2) is 12.1 Å². The van der Waals surface area contributed by atoms with Crippen molar-refractivity contribution in [1.82, 2.24) is 5.32 Å². The zero-order valence-corrected chi connectivity index (χ0v) is 15.5. The number of benzene rings is 1. The van der Waals surface area contributed by atoms with Crippen LogP contribution in [0.4, 0.5) is 0 Å². The fraction of sp³-hybridized carbons (Fsp3) is 0.619. The molecule has 22 heavy (non-hydrogen) atoms. The number of hydrogen-bond acceptors (Lipinski definition) is 1. The Bertz CT molecular complexity index is 446. The van der Waals surface area contributed by atoms with Gasteiger partial charge in [-0.05, 0) is 70.0 Å². The molecule has 124 valence electrons. The van der Waals surface area contributed by atoms with Gasteiger partial charge in [-0.2, -0.15) is 0 Å². The fourth-order valence-corrected chi connectivity index (χ4v) is 3.34. The number of rotatable bonds is 5. The van der Waals surface area contributed by atoms with Crippen molar-refractivity contribution >= 4 is 0 Å². The largest absolute Gasteiger partial charge is 0.309 e. The van der Waals surface area contributed by atoms with Crippen LogP contribution in [0.3, 0.4) is 0 Å². The normalized spacial score (nSPS) is 14.6. The third kappa shape index (κ3) is 7.26. The molecule has 1 aromatic rings. The second kappa shape index (κ2) is 9.15. The van der Waals surface area contributed by atoms with Crippen LogP contribution in [0.2, 0.25) is 0 Å². The van der Waals surface area contributed by atoms with Crippen LogP contribution in [0.15, 0.2) is 35.9 Å². The highest BCUT2D eigenvalue weighted by Crippen LogP contribution is 2.20. The van der Waals surface area contributed by atoms with Crippen LogP contribution in [0.25, 0.3) is 0 Å². The molecule has 0 amide bonds. The Hall–Kier alpha value is -1.08. The van der Waals surface area contributed by atoms with E-state index in [2.05, 4.69) is 77.2 Å². The second-order valence-corrected chi connectivity index (χ2v) is 7.46. The predicted molar refractivity (Wildman–Crippen MR) is 99.4 cm³/mol. The van der Waals surface area contributed by atoms with Crippen molar-refractivity contribution < 1.29 is 0 Å². The van der Waals surface area contributed by atoms with E-state index in [-0.39, 0.29) is 5.54 Å². The standard InChI is InChI=1S/C12H25N.C9H10/c1-7-13-12(5,6)9-11(4)8-10(2)3;1-2-5-9-7-3-6-8(9)4-1/h9-10,13H,7-8H2,1-6H3;1-2,4-5H,3,6-7H2/b11-9+;. The monoisotopic (exact) mass is 301 g/mol. The third-order valence-electron chi connectivity index (χ3n) is 3.98. The molecule has 1 aliphatic rings. The van der Waals surface area contributed by atoms with Gasteiger partial charge in [-0.1, -0.05) is 56.7 Å². The minimum Gasteiger partial charge on any atom is -0.309 e. The fourth-order valence-electron chi connectivity index (χ4n) is 3.34. The number of fused-ring (bicyclic) bond motifs is 1. The molecule has 0 saturated carbocycles. The summed E-state index contributed by atoms with van der Waals surface area (Å²) in [7, 11) is 0. The van der Waals surface area contributed by atoms with Gasteiger partial charge < -0.3 is 5.32 Å². The molecule has 2 rings (SSSR count). The molecule has 1 N–H and O–H groups in total. The minimum absolute atomic E-state index is 0.147. The number of likely N-dealkylation sites (N-methyl/N-ethyl adjacent to an activating group) is 1. The SMILES string of the molecule is CCNC(C)(C)/C=C(\C)CC(C)C.c1ccc2c(c1)CCC2. The predicted octanol–water partition coefficient (Wildman–Crippen LogP) is 5.54. The van der Waals surface area contributed by atoms with Gasteiger partial charge in [0.2, 0.25) is 0 Å². The van der Waals surface area contributed by atoms with Gasteiger partial charge in [0.1, 0.15) is 0 Å². The topological polar surface area (TPSA) is 12.0 Å². The van der Waals surface area contributed by atoms with Crippen molar-refractivity contribution in [3.8, 4) is 0 Å². The van der Waals surface area contributed by atoms with Gasteiger partial charge in [0.05, 0.1) is 0 Å². The van der Waals surface area contributed by atoms with E-state index in [0.717, 1.165) is 12.5 Å². The molecule has 0 atom stereocenters. The summed E-state index contributed by atoms with van der Waals surface area (Å²) in [6, 6.07) is 8.74. The van der Waals surface area contributed by atoms with Crippen LogP contribution in [-0.2, 0) is 12.8 Å². The average Bonchev–Trinajstić information content (AvgIpc) is 2.85. The molecular weight excluding hydrogens is 266 g/mol. The maximum atomic E-state index is 3.45. The molecule has 0 saturated heterocycles. The molecule has 0 spiro atoms. The van der Waals surface area contributed by atoms with E-state index in [1.807, 2.05) is 0 Å². The molecule has 0 heterocycles. The van der Waals surface area contributed by atoms with E-state index in [0.29, 0.717) is 0 Å². The molecule has 1 heteroatoms. The van der Waals surface area contributed by atoms with Gasteiger partial charge in [-0.15, -0.1) is 0 Å². The van der Waals surface area contributed by atoms with Crippen molar-refractivity contribution in [3.05, 3.63) is 47.0 Å². The van der Waals surface area contributed by atoms with Crippen molar-refractivity contribution in [2.75, 3.05) is 6.54 Å². The Morgan fingerprint density at radius 2 is 1.73 bits per heavy atom. The summed E-state index contributed by atoms with van der Waals surface area (Å²) in [5.41, 5.74) is 4.77. The lowest BCUT2D eigenvalue weighted by atomic mass is 9.97. The number of allylic oxidation sites excluding steroid dienone is 1. The van der Waals surface area contributed by atoms with Gasteiger partial charge in [0.15, 0.2) is 0 Å². The summed E-state index contributed by atoms with van der Waals surface area (Å²) < 4.78 is 0. The van der Waals surface area contributed by atoms with E-state index >= 15 is 0 Å². The number of aryl methyl sites for hydroxylation is 2. The molecule has 1 aliphatic carbocycles. The molecule has 0 fully saturated rings. The van der Waals surface area contributed by atoms with E-state index in [9.17, 15) is 0 Å². The summed E-state index contributed by atoms with van der Waals surface area (Å²) in [5.74, 6) is 0.758. The van der Waals surface area contributed by atoms with Gasteiger partial charge in [-0.3, -0.25) is 0 Å². The van der Waals surface area contributed by atoms with Crippen LogP contribution in [0.1, 0.15) is 65.5 Å². The van der Waals surface area contributed by atoms with Crippen molar-refractivity contribution in [2.45, 2.75) is 72.8 Å². The minimum atomic E-state index is 0.147. The number of nitrogens with one attached hydrogen (secondary N) is 1. The summed E-state index contributed by atoms with van der Waals surface area (Å²) in [5, 5.41) is 3.45. The van der Waals surface area contributed by atoms with Gasteiger partial charge in [-0.25, -0.2) is 0 Å². The highest BCUT2D eigenvalue weighted by Gasteiger charge is 2.12. The molecular formula is C21H35N. The zero-order chi connectivity index (χ0) is 16.6.